The monoisotopic (exact) mass is 671 g/mol. The van der Waals surface area contributed by atoms with Crippen LogP contribution in [0.4, 0.5) is 39.5 Å². The maximum atomic E-state index is 14.5. The quantitative estimate of drug-likeness (QED) is 0.167. The van der Waals surface area contributed by atoms with E-state index in [1.807, 2.05) is 35.2 Å². The fourth-order valence-electron chi connectivity index (χ4n) is 5.71. The largest absolute Gasteiger partial charge is 0.430 e. The second-order valence-corrected chi connectivity index (χ2v) is 12.7. The summed E-state index contributed by atoms with van der Waals surface area (Å²) in [5.74, 6) is -3.33. The molecule has 0 aromatic heterocycles. The van der Waals surface area contributed by atoms with Gasteiger partial charge in [-0.25, -0.2) is 13.2 Å². The Labute approximate surface area is 261 Å². The molecule has 244 valence electrons. The van der Waals surface area contributed by atoms with Crippen molar-refractivity contribution in [2.75, 3.05) is 13.1 Å². The molecule has 1 aliphatic rings. The van der Waals surface area contributed by atoms with Gasteiger partial charge in [-0.15, -0.1) is 0 Å². The summed E-state index contributed by atoms with van der Waals surface area (Å²) < 4.78 is 146. The molecule has 0 saturated carbocycles. The molecule has 2 unspecified atom stereocenters. The highest BCUT2D eigenvalue weighted by Crippen LogP contribution is 2.54. The van der Waals surface area contributed by atoms with Crippen LogP contribution in [-0.4, -0.2) is 34.6 Å². The number of halogens is 9. The molecule has 2 atom stereocenters. The first kappa shape index (κ1) is 33.7. The molecule has 4 aromatic carbocycles. The predicted molar refractivity (Wildman–Crippen MR) is 152 cm³/mol. The zero-order valence-electron chi connectivity index (χ0n) is 23.8. The van der Waals surface area contributed by atoms with E-state index < -0.39 is 68.7 Å². The minimum Gasteiger partial charge on any atom is -0.349 e. The average molecular weight is 672 g/mol. The van der Waals surface area contributed by atoms with Crippen LogP contribution in [0.2, 0.25) is 0 Å². The van der Waals surface area contributed by atoms with Crippen LogP contribution >= 0.6 is 0 Å². The Morgan fingerprint density at radius 1 is 0.739 bits per heavy atom. The molecule has 1 saturated heterocycles. The number of hydrogen-bond donors (Lipinski definition) is 0. The molecular formula is C33H26F9NO2S. The Balaban J connectivity index is 1.56. The van der Waals surface area contributed by atoms with Crippen molar-refractivity contribution in [2.24, 2.45) is 0 Å². The Kier molecular flexibility index (Phi) is 9.40. The second-order valence-electron chi connectivity index (χ2n) is 10.9. The summed E-state index contributed by atoms with van der Waals surface area (Å²) in [7, 11) is -1.92. The van der Waals surface area contributed by atoms with E-state index >= 15 is 0 Å². The molecule has 5 rings (SSSR count). The standard InChI is InChI=1S/C33H26F9NO2S/c34-25-13-15-26(16-14-25)46(44)30(17-18-43(21-30)19-22-5-2-1-3-6-22)23-9-11-24(12-10-23)31(32(37,38)39,33(40,41)42)45-20-27-28(35)7-4-8-29(27)36/h1-16H,17-21H2. The molecule has 46 heavy (non-hydrogen) atoms. The molecule has 0 amide bonds. The van der Waals surface area contributed by atoms with Crippen molar-refractivity contribution in [1.82, 2.24) is 4.90 Å². The Bertz CT molecular complexity index is 1640. The van der Waals surface area contributed by atoms with E-state index in [2.05, 4.69) is 4.74 Å². The van der Waals surface area contributed by atoms with Crippen LogP contribution in [0, 0.1) is 17.5 Å². The van der Waals surface area contributed by atoms with E-state index in [9.17, 15) is 43.7 Å². The lowest BCUT2D eigenvalue weighted by atomic mass is 9.88. The Morgan fingerprint density at radius 2 is 1.33 bits per heavy atom. The van der Waals surface area contributed by atoms with E-state index in [4.69, 9.17) is 0 Å². The van der Waals surface area contributed by atoms with Gasteiger partial charge in [-0.2, -0.15) is 26.3 Å². The van der Waals surface area contributed by atoms with Gasteiger partial charge in [0.05, 0.1) is 22.2 Å². The molecular weight excluding hydrogens is 645 g/mol. The van der Waals surface area contributed by atoms with Crippen molar-refractivity contribution >= 4 is 10.8 Å². The van der Waals surface area contributed by atoms with Crippen LogP contribution < -0.4 is 0 Å². The van der Waals surface area contributed by atoms with Gasteiger partial charge >= 0.3 is 12.4 Å². The van der Waals surface area contributed by atoms with Crippen molar-refractivity contribution in [1.29, 1.82) is 0 Å². The van der Waals surface area contributed by atoms with Crippen LogP contribution in [-0.2, 0) is 39.0 Å². The molecule has 0 aliphatic carbocycles. The highest BCUT2D eigenvalue weighted by atomic mass is 32.2. The minimum absolute atomic E-state index is 0.123. The van der Waals surface area contributed by atoms with Gasteiger partial charge in [-0.3, -0.25) is 9.11 Å². The second kappa shape index (κ2) is 12.8. The van der Waals surface area contributed by atoms with E-state index in [1.165, 1.54) is 12.1 Å². The van der Waals surface area contributed by atoms with Gasteiger partial charge in [0.15, 0.2) is 0 Å². The van der Waals surface area contributed by atoms with Gasteiger partial charge in [0.2, 0.25) is 0 Å². The first-order valence-electron chi connectivity index (χ1n) is 13.9. The SMILES string of the molecule is O=S(c1ccc(F)cc1)C1(c2ccc(C(OCc3c(F)cccc3F)(C(F)(F)F)C(F)(F)F)cc2)CCN(Cc2ccccc2)C1. The fourth-order valence-corrected chi connectivity index (χ4v) is 7.47. The number of likely N-dealkylation sites (tertiary alicyclic amines) is 1. The molecule has 1 fully saturated rings. The molecule has 0 N–H and O–H groups in total. The lowest BCUT2D eigenvalue weighted by Crippen LogP contribution is -2.56. The summed E-state index contributed by atoms with van der Waals surface area (Å²) >= 11 is 0. The fraction of sp³-hybridized carbons (Fsp3) is 0.273. The van der Waals surface area contributed by atoms with Crippen LogP contribution in [0.1, 0.15) is 28.7 Å². The van der Waals surface area contributed by atoms with E-state index in [0.29, 0.717) is 37.4 Å². The minimum atomic E-state index is -6.11. The Hall–Kier alpha value is -3.68. The maximum absolute atomic E-state index is 14.5. The van der Waals surface area contributed by atoms with Crippen LogP contribution in [0.25, 0.3) is 0 Å². The zero-order chi connectivity index (χ0) is 33.3. The average Bonchev–Trinajstić information content (AvgIpc) is 3.43. The van der Waals surface area contributed by atoms with Gasteiger partial charge in [0, 0.05) is 35.7 Å². The summed E-state index contributed by atoms with van der Waals surface area (Å²) in [6, 6.07) is 19.6. The normalized spacial score (nSPS) is 18.5. The van der Waals surface area contributed by atoms with E-state index in [-0.39, 0.29) is 23.4 Å². The first-order valence-corrected chi connectivity index (χ1v) is 15.1. The summed E-state index contributed by atoms with van der Waals surface area (Å²) in [4.78, 5) is 2.19. The molecule has 0 spiro atoms. The molecule has 1 aliphatic heterocycles. The van der Waals surface area contributed by atoms with E-state index in [0.717, 1.165) is 35.9 Å². The van der Waals surface area contributed by atoms with Gasteiger partial charge in [-0.1, -0.05) is 60.7 Å². The molecule has 1 heterocycles. The first-order chi connectivity index (χ1) is 21.7. The smallest absolute Gasteiger partial charge is 0.349 e. The van der Waals surface area contributed by atoms with Crippen molar-refractivity contribution in [3.05, 3.63) is 137 Å². The lowest BCUT2D eigenvalue weighted by Gasteiger charge is -2.38. The molecule has 13 heteroatoms. The number of ether oxygens (including phenoxy) is 1. The molecule has 3 nitrogen and oxygen atoms in total. The number of alkyl halides is 6. The third-order valence-corrected chi connectivity index (χ3v) is 10.0. The number of nitrogens with zero attached hydrogens (tertiary/aromatic N) is 1. The molecule has 0 radical (unpaired) electrons. The van der Waals surface area contributed by atoms with Crippen LogP contribution in [0.3, 0.4) is 0 Å². The predicted octanol–water partition coefficient (Wildman–Crippen LogP) is 8.55. The maximum Gasteiger partial charge on any atom is 0.430 e. The zero-order valence-corrected chi connectivity index (χ0v) is 24.7. The summed E-state index contributed by atoms with van der Waals surface area (Å²) in [5.41, 5.74) is -6.31. The highest BCUT2D eigenvalue weighted by Gasteiger charge is 2.73. The summed E-state index contributed by atoms with van der Waals surface area (Å²) in [5, 5.41) is 0. The molecule has 0 bridgehead atoms. The van der Waals surface area contributed by atoms with Crippen molar-refractivity contribution in [3.8, 4) is 0 Å². The Morgan fingerprint density at radius 3 is 1.89 bits per heavy atom. The van der Waals surface area contributed by atoms with Crippen LogP contribution in [0.15, 0.2) is 102 Å². The highest BCUT2D eigenvalue weighted by molar-refractivity contribution is 7.86. The van der Waals surface area contributed by atoms with Gasteiger partial charge in [0.1, 0.15) is 17.5 Å². The van der Waals surface area contributed by atoms with Crippen molar-refractivity contribution in [2.45, 2.75) is 47.2 Å². The van der Waals surface area contributed by atoms with Gasteiger partial charge in [0.25, 0.3) is 5.60 Å². The van der Waals surface area contributed by atoms with Crippen molar-refractivity contribution in [3.63, 3.8) is 0 Å². The third kappa shape index (κ3) is 6.32. The summed E-state index contributed by atoms with van der Waals surface area (Å²) in [6.07, 6.45) is -12.0. The summed E-state index contributed by atoms with van der Waals surface area (Å²) in [6.45, 7) is -0.715. The number of rotatable bonds is 9. The number of hydrogen-bond acceptors (Lipinski definition) is 3. The number of benzene rings is 4. The van der Waals surface area contributed by atoms with Gasteiger partial charge < -0.3 is 4.74 Å². The lowest BCUT2D eigenvalue weighted by molar-refractivity contribution is -0.392. The van der Waals surface area contributed by atoms with Crippen LogP contribution in [0.5, 0.6) is 0 Å². The van der Waals surface area contributed by atoms with Crippen molar-refractivity contribution < 1.29 is 48.5 Å². The topological polar surface area (TPSA) is 29.5 Å². The van der Waals surface area contributed by atoms with E-state index in [1.54, 1.807) is 0 Å². The third-order valence-electron chi connectivity index (χ3n) is 8.05. The van der Waals surface area contributed by atoms with Gasteiger partial charge in [-0.05, 0) is 53.9 Å². The molecule has 4 aromatic rings.